The van der Waals surface area contributed by atoms with Crippen LogP contribution in [0.2, 0.25) is 0 Å². The van der Waals surface area contributed by atoms with E-state index in [1.54, 1.807) is 11.5 Å². The van der Waals surface area contributed by atoms with E-state index in [4.69, 9.17) is 10.5 Å². The van der Waals surface area contributed by atoms with Crippen molar-refractivity contribution in [2.75, 3.05) is 12.1 Å². The van der Waals surface area contributed by atoms with E-state index in [9.17, 15) is 27.6 Å². The first kappa shape index (κ1) is 28.3. The van der Waals surface area contributed by atoms with Crippen LogP contribution in [-0.2, 0) is 27.2 Å². The summed E-state index contributed by atoms with van der Waals surface area (Å²) in [5.41, 5.74) is 5.63. The minimum atomic E-state index is -4.82. The summed E-state index contributed by atoms with van der Waals surface area (Å²) in [7, 11) is -3.69. The Kier molecular flexibility index (Phi) is 8.42. The zero-order valence-corrected chi connectivity index (χ0v) is 21.1. The van der Waals surface area contributed by atoms with Crippen molar-refractivity contribution in [3.8, 4) is 5.75 Å². The molecule has 1 unspecified atom stereocenters. The van der Waals surface area contributed by atoms with Gasteiger partial charge in [0.25, 0.3) is 0 Å². The molecule has 0 amide bonds. The van der Waals surface area contributed by atoms with Crippen LogP contribution in [0.5, 0.6) is 5.75 Å². The Morgan fingerprint density at radius 3 is 2.51 bits per heavy atom. The summed E-state index contributed by atoms with van der Waals surface area (Å²) in [6.07, 6.45) is -2.88. The Morgan fingerprint density at radius 1 is 1.22 bits per heavy atom. The molecule has 2 aromatic heterocycles. The van der Waals surface area contributed by atoms with Crippen molar-refractivity contribution in [1.82, 2.24) is 29.7 Å². The maximum Gasteiger partial charge on any atom is 0.573 e. The number of aliphatic carboxylic acids is 1. The molecule has 37 heavy (non-hydrogen) atoms. The lowest BCUT2D eigenvalue weighted by Crippen LogP contribution is -2.47. The maximum absolute atomic E-state index is 13.7. The molecule has 0 spiro atoms. The molecule has 3 rings (SSSR count). The van der Waals surface area contributed by atoms with Gasteiger partial charge in [-0.25, -0.2) is 25.1 Å². The van der Waals surface area contributed by atoms with Crippen LogP contribution in [0.1, 0.15) is 26.3 Å². The third-order valence-corrected chi connectivity index (χ3v) is 7.22. The summed E-state index contributed by atoms with van der Waals surface area (Å²) in [6, 6.07) is 4.96. The SMILES string of the molecule is C[C@@H](Cn1cnc2c(N)ncnc21)OCP(=O)(NCc1ccc(OC(F)(F)F)cc1)NC(C)(C)C(=O)O. The van der Waals surface area contributed by atoms with E-state index in [0.29, 0.717) is 16.7 Å². The number of hydrogen-bond donors (Lipinski definition) is 4. The standard InChI is InChI=1S/C21H27F3N7O5P/c1-13(9-31-11-28-16-17(25)26-10-27-18(16)31)35-12-37(34,30-20(2,3)19(32)33)29-8-14-4-6-15(7-5-14)36-21(22,23)24/h4-7,10-11,13H,8-9,12H2,1-3H3,(H,32,33)(H2,25,26,27)(H2,29,30,34)/t13-,37?/m0/s1. The van der Waals surface area contributed by atoms with Crippen molar-refractivity contribution in [2.24, 2.45) is 0 Å². The van der Waals surface area contributed by atoms with Gasteiger partial charge in [-0.2, -0.15) is 0 Å². The minimum Gasteiger partial charge on any atom is -0.480 e. The van der Waals surface area contributed by atoms with Crippen LogP contribution in [0.4, 0.5) is 19.0 Å². The van der Waals surface area contributed by atoms with E-state index in [-0.39, 0.29) is 25.3 Å². The number of ether oxygens (including phenoxy) is 2. The maximum atomic E-state index is 13.7. The van der Waals surface area contributed by atoms with Crippen molar-refractivity contribution in [3.05, 3.63) is 42.5 Å². The van der Waals surface area contributed by atoms with Gasteiger partial charge in [-0.05, 0) is 38.5 Å². The lowest BCUT2D eigenvalue weighted by Gasteiger charge is -2.30. The molecule has 0 radical (unpaired) electrons. The van der Waals surface area contributed by atoms with Crippen LogP contribution in [0.25, 0.3) is 11.2 Å². The van der Waals surface area contributed by atoms with Gasteiger partial charge in [0.1, 0.15) is 29.5 Å². The molecule has 1 aromatic carbocycles. The number of nitrogens with two attached hydrogens (primary N) is 1. The van der Waals surface area contributed by atoms with Gasteiger partial charge in [0.2, 0.25) is 7.44 Å². The molecule has 2 atom stereocenters. The van der Waals surface area contributed by atoms with Crippen LogP contribution in [-0.4, -0.2) is 54.9 Å². The number of carboxylic acid groups (broad SMARTS) is 1. The zero-order valence-electron chi connectivity index (χ0n) is 20.2. The highest BCUT2D eigenvalue weighted by atomic mass is 31.2. The smallest absolute Gasteiger partial charge is 0.480 e. The number of anilines is 1. The molecule has 3 aromatic rings. The third kappa shape index (κ3) is 7.86. The van der Waals surface area contributed by atoms with Gasteiger partial charge in [0.15, 0.2) is 11.5 Å². The molecule has 0 fully saturated rings. The largest absolute Gasteiger partial charge is 0.573 e. The van der Waals surface area contributed by atoms with E-state index in [1.165, 1.54) is 38.6 Å². The number of carbonyl (C=O) groups is 1. The van der Waals surface area contributed by atoms with Crippen LogP contribution < -0.4 is 20.6 Å². The molecule has 16 heteroatoms. The van der Waals surface area contributed by atoms with Crippen molar-refractivity contribution in [3.63, 3.8) is 0 Å². The molecule has 0 bridgehead atoms. The molecule has 2 heterocycles. The second-order valence-electron chi connectivity index (χ2n) is 8.74. The van der Waals surface area contributed by atoms with E-state index in [0.717, 1.165) is 12.1 Å². The number of nitrogen functional groups attached to an aromatic ring is 1. The van der Waals surface area contributed by atoms with Gasteiger partial charge in [0, 0.05) is 6.54 Å². The Labute approximate surface area is 209 Å². The molecule has 0 aliphatic carbocycles. The predicted octanol–water partition coefficient (Wildman–Crippen LogP) is 3.11. The van der Waals surface area contributed by atoms with Gasteiger partial charge in [-0.15, -0.1) is 13.2 Å². The molecular weight excluding hydrogens is 518 g/mol. The first-order valence-electron chi connectivity index (χ1n) is 10.9. The topological polar surface area (TPSA) is 167 Å². The average molecular weight is 545 g/mol. The number of alkyl halides is 3. The van der Waals surface area contributed by atoms with Crippen molar-refractivity contribution < 1.29 is 37.1 Å². The van der Waals surface area contributed by atoms with E-state index < -0.39 is 37.2 Å². The molecule has 5 N–H and O–H groups in total. The zero-order chi connectivity index (χ0) is 27.4. The second kappa shape index (κ2) is 11.0. The van der Waals surface area contributed by atoms with Crippen molar-refractivity contribution in [1.29, 1.82) is 0 Å². The molecule has 0 aliphatic rings. The van der Waals surface area contributed by atoms with Gasteiger partial charge in [-0.1, -0.05) is 12.1 Å². The van der Waals surface area contributed by atoms with Crippen molar-refractivity contribution in [2.45, 2.75) is 51.9 Å². The van der Waals surface area contributed by atoms with E-state index >= 15 is 0 Å². The highest BCUT2D eigenvalue weighted by molar-refractivity contribution is 7.59. The number of fused-ring (bicyclic) bond motifs is 1. The summed E-state index contributed by atoms with van der Waals surface area (Å²) < 4.78 is 62.1. The first-order valence-corrected chi connectivity index (χ1v) is 12.8. The van der Waals surface area contributed by atoms with Crippen LogP contribution in [0.3, 0.4) is 0 Å². The molecule has 0 saturated heterocycles. The fourth-order valence-corrected chi connectivity index (χ4v) is 5.37. The van der Waals surface area contributed by atoms with Gasteiger partial charge in [0.05, 0.1) is 19.0 Å². The quantitative estimate of drug-likeness (QED) is 0.247. The predicted molar refractivity (Wildman–Crippen MR) is 128 cm³/mol. The lowest BCUT2D eigenvalue weighted by molar-refractivity contribution is -0.274. The number of imidazole rings is 1. The first-order chi connectivity index (χ1) is 17.2. The number of benzene rings is 1. The number of aromatic nitrogens is 4. The number of carboxylic acids is 1. The number of hydrogen-bond acceptors (Lipinski definition) is 8. The van der Waals surface area contributed by atoms with Crippen molar-refractivity contribution >= 4 is 30.4 Å². The third-order valence-electron chi connectivity index (χ3n) is 5.11. The monoisotopic (exact) mass is 545 g/mol. The molecule has 0 saturated carbocycles. The Bertz CT molecular complexity index is 1280. The van der Waals surface area contributed by atoms with Gasteiger partial charge < -0.3 is 24.9 Å². The van der Waals surface area contributed by atoms with Crippen LogP contribution >= 0.6 is 7.44 Å². The summed E-state index contributed by atoms with van der Waals surface area (Å²) in [5.74, 6) is -1.41. The van der Waals surface area contributed by atoms with Gasteiger partial charge >= 0.3 is 12.3 Å². The summed E-state index contributed by atoms with van der Waals surface area (Å²) in [6.45, 7) is 4.64. The highest BCUT2D eigenvalue weighted by Gasteiger charge is 2.36. The fourth-order valence-electron chi connectivity index (χ4n) is 3.24. The summed E-state index contributed by atoms with van der Waals surface area (Å²) in [5, 5.41) is 14.9. The average Bonchev–Trinajstić information content (AvgIpc) is 3.20. The number of nitrogens with zero attached hydrogens (tertiary/aromatic N) is 4. The second-order valence-corrected chi connectivity index (χ2v) is 11.0. The molecule has 202 valence electrons. The Morgan fingerprint density at radius 2 is 1.89 bits per heavy atom. The number of rotatable bonds is 12. The van der Waals surface area contributed by atoms with Crippen LogP contribution in [0, 0.1) is 0 Å². The Balaban J connectivity index is 1.68. The molecular formula is C21H27F3N7O5P. The summed E-state index contributed by atoms with van der Waals surface area (Å²) >= 11 is 0. The highest BCUT2D eigenvalue weighted by Crippen LogP contribution is 2.40. The van der Waals surface area contributed by atoms with E-state index in [2.05, 4.69) is 29.9 Å². The van der Waals surface area contributed by atoms with E-state index in [1.807, 2.05) is 0 Å². The fraction of sp³-hybridized carbons (Fsp3) is 0.429. The molecule has 12 nitrogen and oxygen atoms in total. The summed E-state index contributed by atoms with van der Waals surface area (Å²) in [4.78, 5) is 23.9. The normalized spacial score (nSPS) is 14.9. The molecule has 0 aliphatic heterocycles. The number of nitrogens with one attached hydrogen (secondary N) is 2. The lowest BCUT2D eigenvalue weighted by atomic mass is 10.1. The Hall–Kier alpha value is -3.26. The minimum absolute atomic E-state index is 0.0492. The van der Waals surface area contributed by atoms with Crippen LogP contribution in [0.15, 0.2) is 36.9 Å². The number of halogens is 3. The van der Waals surface area contributed by atoms with Gasteiger partial charge in [-0.3, -0.25) is 9.36 Å².